The molecule has 0 bridgehead atoms. The average Bonchev–Trinajstić information content (AvgIpc) is 2.78. The third-order valence-corrected chi connectivity index (χ3v) is 7.06. The van der Waals surface area contributed by atoms with Crippen LogP contribution in [0.4, 0.5) is 0 Å². The van der Waals surface area contributed by atoms with E-state index in [-0.39, 0.29) is 32.6 Å². The molecule has 212 valence electrons. The second kappa shape index (κ2) is 12.8. The van der Waals surface area contributed by atoms with E-state index in [0.29, 0.717) is 11.1 Å². The van der Waals surface area contributed by atoms with Crippen molar-refractivity contribution < 1.29 is 51.7 Å². The maximum absolute atomic E-state index is 10.4. The second-order valence-corrected chi connectivity index (χ2v) is 11.6. The van der Waals surface area contributed by atoms with Crippen LogP contribution >= 0.6 is 0 Å². The van der Waals surface area contributed by atoms with Crippen molar-refractivity contribution >= 4 is 21.5 Å². The van der Waals surface area contributed by atoms with Gasteiger partial charge in [0, 0.05) is 32.2 Å². The van der Waals surface area contributed by atoms with E-state index < -0.39 is 22.4 Å². The molecule has 0 aliphatic rings. The first-order valence-corrected chi connectivity index (χ1v) is 12.6. The summed E-state index contributed by atoms with van der Waals surface area (Å²) >= 11 is 0. The summed E-state index contributed by atoms with van der Waals surface area (Å²) in [6.07, 6.45) is 0. The van der Waals surface area contributed by atoms with Crippen LogP contribution in [0.2, 0.25) is 0 Å². The summed E-state index contributed by atoms with van der Waals surface area (Å²) in [6, 6.07) is 22.9. The van der Waals surface area contributed by atoms with Crippen LogP contribution in [0, 0.1) is 0 Å². The van der Waals surface area contributed by atoms with Gasteiger partial charge in [0.1, 0.15) is 11.5 Å². The molecule has 0 heterocycles. The first-order valence-electron chi connectivity index (χ1n) is 12.6. The molecule has 7 heteroatoms. The molecule has 6 nitrogen and oxygen atoms in total. The normalized spacial score (nSPS) is 12.1. The van der Waals surface area contributed by atoms with Crippen molar-refractivity contribution in [2.45, 2.75) is 77.8 Å². The number of hydrogen-bond donors (Lipinski definition) is 6. The molecule has 0 unspecified atom stereocenters. The number of fused-ring (bicyclic) bond motifs is 2. The van der Waals surface area contributed by atoms with Crippen LogP contribution < -0.4 is 0 Å². The minimum atomic E-state index is -1.01. The Morgan fingerprint density at radius 3 is 0.923 bits per heavy atom. The molecule has 4 aromatic rings. The number of hydrogen-bond acceptors (Lipinski definition) is 6. The monoisotopic (exact) mass is 706 g/mol. The van der Waals surface area contributed by atoms with Crippen LogP contribution in [0.25, 0.3) is 32.7 Å². The summed E-state index contributed by atoms with van der Waals surface area (Å²) in [5.41, 5.74) is -2.68. The van der Waals surface area contributed by atoms with Gasteiger partial charge >= 0.3 is 0 Å². The Hall–Kier alpha value is -2.47. The number of rotatable bonds is 3. The number of phenolic OH excluding ortho intramolecular Hbond substituents is 2. The largest absolute Gasteiger partial charge is 0.507 e. The Morgan fingerprint density at radius 2 is 0.667 bits per heavy atom. The average molecular weight is 707 g/mol. The van der Waals surface area contributed by atoms with Crippen LogP contribution in [0.5, 0.6) is 11.5 Å². The van der Waals surface area contributed by atoms with E-state index in [1.54, 1.807) is 67.5 Å². The third kappa shape index (κ3) is 8.76. The Bertz CT molecular complexity index is 1240. The zero-order valence-electron chi connectivity index (χ0n) is 24.0. The molecule has 0 saturated carbocycles. The smallest absolute Gasteiger partial charge is 0.124 e. The van der Waals surface area contributed by atoms with Gasteiger partial charge in [-0.05, 0) is 89.1 Å². The van der Waals surface area contributed by atoms with Gasteiger partial charge in [0.05, 0.1) is 22.4 Å². The third-order valence-electron chi connectivity index (χ3n) is 7.06. The second-order valence-electron chi connectivity index (χ2n) is 11.6. The topological polar surface area (TPSA) is 121 Å². The first kappa shape index (κ1) is 34.6. The van der Waals surface area contributed by atoms with Crippen molar-refractivity contribution in [1.82, 2.24) is 0 Å². The van der Waals surface area contributed by atoms with Crippen molar-refractivity contribution in [3.05, 3.63) is 72.8 Å². The summed E-state index contributed by atoms with van der Waals surface area (Å²) in [5, 5.41) is 61.2. The van der Waals surface area contributed by atoms with Gasteiger partial charge in [0.25, 0.3) is 0 Å². The van der Waals surface area contributed by atoms with Gasteiger partial charge in [0.2, 0.25) is 0 Å². The van der Waals surface area contributed by atoms with Crippen LogP contribution in [0.1, 0.15) is 55.4 Å². The molecular formula is C32H42O6W. The summed E-state index contributed by atoms with van der Waals surface area (Å²) in [4.78, 5) is 0. The molecule has 4 aromatic carbocycles. The minimum Gasteiger partial charge on any atom is -0.507 e. The fourth-order valence-corrected chi connectivity index (χ4v) is 3.05. The molecule has 4 rings (SSSR count). The summed E-state index contributed by atoms with van der Waals surface area (Å²) in [7, 11) is 0. The molecule has 0 saturated heterocycles. The number of phenols is 2. The van der Waals surface area contributed by atoms with Gasteiger partial charge in [0.15, 0.2) is 0 Å². The van der Waals surface area contributed by atoms with Crippen LogP contribution in [-0.4, -0.2) is 53.0 Å². The fraction of sp³-hybridized carbons (Fsp3) is 0.375. The zero-order valence-corrected chi connectivity index (χ0v) is 27.0. The van der Waals surface area contributed by atoms with Crippen LogP contribution in [0.3, 0.4) is 0 Å². The molecule has 0 amide bonds. The van der Waals surface area contributed by atoms with E-state index in [4.69, 9.17) is 20.4 Å². The number of aromatic hydroxyl groups is 2. The maximum Gasteiger partial charge on any atom is 0.124 e. The Balaban J connectivity index is 0.000000375. The van der Waals surface area contributed by atoms with Crippen LogP contribution in [0.15, 0.2) is 72.8 Å². The van der Waals surface area contributed by atoms with E-state index in [0.717, 1.165) is 21.5 Å². The Kier molecular flexibility index (Phi) is 11.3. The van der Waals surface area contributed by atoms with Gasteiger partial charge in [-0.25, -0.2) is 0 Å². The molecule has 0 aromatic heterocycles. The summed E-state index contributed by atoms with van der Waals surface area (Å²) < 4.78 is 0. The van der Waals surface area contributed by atoms with Gasteiger partial charge in [-0.3, -0.25) is 0 Å². The molecule has 39 heavy (non-hydrogen) atoms. The minimum absolute atomic E-state index is 0. The molecule has 0 fully saturated rings. The molecular weight excluding hydrogens is 664 g/mol. The molecule has 0 radical (unpaired) electrons. The van der Waals surface area contributed by atoms with Gasteiger partial charge in [-0.15, -0.1) is 0 Å². The van der Waals surface area contributed by atoms with Crippen molar-refractivity contribution in [1.29, 1.82) is 0 Å². The van der Waals surface area contributed by atoms with E-state index in [1.807, 2.05) is 60.7 Å². The van der Waals surface area contributed by atoms with Crippen molar-refractivity contribution in [2.75, 3.05) is 0 Å². The standard InChI is InChI=1S/C20H14O2.2C6H14O2.W/c21-17-11-9-13-5-1-3-7-15(13)19(17)20-16-8-4-2-6-14(16)10-12-18(20)22;2*1-5(2,7)6(3,4)8;/h1-12,21-22H;2*7-8H,1-4H3;. The Morgan fingerprint density at radius 1 is 0.410 bits per heavy atom. The van der Waals surface area contributed by atoms with Gasteiger partial charge in [-0.2, -0.15) is 0 Å². The Labute approximate surface area is 245 Å². The molecule has 0 atom stereocenters. The number of benzene rings is 4. The predicted octanol–water partition coefficient (Wildman–Crippen LogP) is 6.13. The zero-order chi connectivity index (χ0) is 29.1. The van der Waals surface area contributed by atoms with Gasteiger partial charge in [-0.1, -0.05) is 60.7 Å². The van der Waals surface area contributed by atoms with Gasteiger partial charge < -0.3 is 30.6 Å². The SMILES string of the molecule is CC(C)(O)C(C)(C)O.CC(C)(O)C(C)(C)O.Oc1ccc2ccccc2c1-c1c(O)ccc2ccccc12.[W]. The van der Waals surface area contributed by atoms with E-state index in [2.05, 4.69) is 0 Å². The molecule has 6 N–H and O–H groups in total. The molecule has 0 aliphatic heterocycles. The van der Waals surface area contributed by atoms with E-state index in [1.165, 1.54) is 0 Å². The first-order chi connectivity index (χ1) is 17.3. The van der Waals surface area contributed by atoms with E-state index >= 15 is 0 Å². The number of aliphatic hydroxyl groups is 4. The van der Waals surface area contributed by atoms with Crippen molar-refractivity contribution in [3.8, 4) is 22.6 Å². The van der Waals surface area contributed by atoms with Crippen molar-refractivity contribution in [3.63, 3.8) is 0 Å². The van der Waals surface area contributed by atoms with Crippen LogP contribution in [-0.2, 0) is 21.1 Å². The van der Waals surface area contributed by atoms with Crippen molar-refractivity contribution in [2.24, 2.45) is 0 Å². The summed E-state index contributed by atoms with van der Waals surface area (Å²) in [5.74, 6) is 0.343. The molecule has 0 spiro atoms. The molecule has 0 aliphatic carbocycles. The fourth-order valence-electron chi connectivity index (χ4n) is 3.05. The predicted molar refractivity (Wildman–Crippen MR) is 155 cm³/mol. The maximum atomic E-state index is 10.4. The summed E-state index contributed by atoms with van der Waals surface area (Å²) in [6.45, 7) is 12.6. The quantitative estimate of drug-likeness (QED) is 0.153. The van der Waals surface area contributed by atoms with E-state index in [9.17, 15) is 10.2 Å².